The molecule has 1 aliphatic heterocycles. The van der Waals surface area contributed by atoms with Crippen LogP contribution in [0.2, 0.25) is 10.2 Å². The van der Waals surface area contributed by atoms with E-state index in [1.165, 1.54) is 6.92 Å². The maximum absolute atomic E-state index is 12.5. The molecule has 2 heterocycles. The van der Waals surface area contributed by atoms with Gasteiger partial charge in [-0.05, 0) is 24.8 Å². The van der Waals surface area contributed by atoms with Crippen LogP contribution in [0.5, 0.6) is 0 Å². The molecule has 0 radical (unpaired) electrons. The molecule has 0 saturated carbocycles. The quantitative estimate of drug-likeness (QED) is 0.924. The van der Waals surface area contributed by atoms with E-state index < -0.39 is 0 Å². The largest absolute Gasteiger partial charge is 0.356 e. The van der Waals surface area contributed by atoms with Gasteiger partial charge in [0.2, 0.25) is 5.91 Å². The Morgan fingerprint density at radius 1 is 1.33 bits per heavy atom. The third-order valence-electron chi connectivity index (χ3n) is 3.88. The Labute approximate surface area is 134 Å². The average molecular weight is 332 g/mol. The molecule has 1 saturated heterocycles. The molecule has 1 aromatic heterocycles. The van der Waals surface area contributed by atoms with Crippen molar-refractivity contribution in [1.29, 1.82) is 0 Å². The van der Waals surface area contributed by atoms with Crippen molar-refractivity contribution in [1.82, 2.24) is 14.8 Å². The summed E-state index contributed by atoms with van der Waals surface area (Å²) in [5.41, 5.74) is 0.505. The molecule has 1 N–H and O–H groups in total. The Kier molecular flexibility index (Phi) is 5.17. The van der Waals surface area contributed by atoms with Crippen molar-refractivity contribution in [2.45, 2.75) is 19.8 Å². The number of piperidine rings is 1. The second kappa shape index (κ2) is 6.71. The second-order valence-corrected chi connectivity index (χ2v) is 6.17. The number of carbonyl (C=O) groups is 2. The number of hydrogen-bond donors (Lipinski definition) is 1. The summed E-state index contributed by atoms with van der Waals surface area (Å²) in [4.78, 5) is 25.2. The van der Waals surface area contributed by atoms with Crippen LogP contribution < -0.4 is 5.32 Å². The third-order valence-corrected chi connectivity index (χ3v) is 4.72. The maximum Gasteiger partial charge on any atom is 0.270 e. The van der Waals surface area contributed by atoms with Crippen LogP contribution in [-0.4, -0.2) is 40.9 Å². The predicted octanol–water partition coefficient (Wildman–Crippen LogP) is 2.32. The molecule has 1 aliphatic rings. The van der Waals surface area contributed by atoms with Crippen molar-refractivity contribution in [3.63, 3.8) is 0 Å². The first kappa shape index (κ1) is 16.2. The van der Waals surface area contributed by atoms with Crippen molar-refractivity contribution >= 4 is 35.0 Å². The molecular formula is C14H19Cl2N3O2. The summed E-state index contributed by atoms with van der Waals surface area (Å²) < 4.78 is 1.61. The van der Waals surface area contributed by atoms with Crippen LogP contribution in [0.15, 0.2) is 6.07 Å². The zero-order valence-electron chi connectivity index (χ0n) is 12.2. The number of amides is 2. The van der Waals surface area contributed by atoms with Crippen LogP contribution in [0.3, 0.4) is 0 Å². The number of carbonyl (C=O) groups excluding carboxylic acids is 2. The van der Waals surface area contributed by atoms with Gasteiger partial charge >= 0.3 is 0 Å². The molecule has 5 nitrogen and oxygen atoms in total. The van der Waals surface area contributed by atoms with E-state index in [2.05, 4.69) is 5.32 Å². The lowest BCUT2D eigenvalue weighted by Crippen LogP contribution is -2.41. The first-order valence-corrected chi connectivity index (χ1v) is 7.70. The smallest absolute Gasteiger partial charge is 0.270 e. The lowest BCUT2D eigenvalue weighted by molar-refractivity contribution is -0.119. The van der Waals surface area contributed by atoms with Crippen LogP contribution in [0.25, 0.3) is 0 Å². The van der Waals surface area contributed by atoms with Gasteiger partial charge in [-0.1, -0.05) is 23.2 Å². The minimum Gasteiger partial charge on any atom is -0.356 e. The normalized spacial score (nSPS) is 16.1. The standard InChI is InChI=1S/C14H19Cl2N3O2/c1-9(20)17-8-10-3-5-19(6-4-10)14(21)12-7-11(15)13(16)18(12)2/h7,10H,3-6,8H2,1-2H3,(H,17,20). The van der Waals surface area contributed by atoms with Crippen molar-refractivity contribution in [2.24, 2.45) is 13.0 Å². The van der Waals surface area contributed by atoms with Gasteiger partial charge in [-0.3, -0.25) is 9.59 Å². The highest BCUT2D eigenvalue weighted by Gasteiger charge is 2.26. The van der Waals surface area contributed by atoms with Crippen molar-refractivity contribution in [2.75, 3.05) is 19.6 Å². The number of rotatable bonds is 3. The van der Waals surface area contributed by atoms with Gasteiger partial charge in [-0.2, -0.15) is 0 Å². The number of nitrogens with one attached hydrogen (secondary N) is 1. The predicted molar refractivity (Wildman–Crippen MR) is 82.7 cm³/mol. The Bertz CT molecular complexity index is 549. The molecule has 1 fully saturated rings. The molecule has 7 heteroatoms. The molecule has 0 aliphatic carbocycles. The average Bonchev–Trinajstić information content (AvgIpc) is 2.72. The number of nitrogens with zero attached hydrogens (tertiary/aromatic N) is 2. The highest BCUT2D eigenvalue weighted by Crippen LogP contribution is 2.27. The second-order valence-electron chi connectivity index (χ2n) is 5.40. The molecule has 21 heavy (non-hydrogen) atoms. The zero-order valence-corrected chi connectivity index (χ0v) is 13.7. The van der Waals surface area contributed by atoms with Crippen LogP contribution in [0.1, 0.15) is 30.3 Å². The van der Waals surface area contributed by atoms with Crippen LogP contribution in [0, 0.1) is 5.92 Å². The molecule has 1 aromatic rings. The molecule has 2 amide bonds. The number of likely N-dealkylation sites (tertiary alicyclic amines) is 1. The van der Waals surface area contributed by atoms with E-state index in [0.717, 1.165) is 12.8 Å². The summed E-state index contributed by atoms with van der Waals surface area (Å²) in [5, 5.41) is 3.60. The zero-order chi connectivity index (χ0) is 15.6. The molecule has 0 bridgehead atoms. The Morgan fingerprint density at radius 3 is 2.43 bits per heavy atom. The minimum absolute atomic E-state index is 0.0124. The first-order valence-electron chi connectivity index (χ1n) is 6.94. The fourth-order valence-electron chi connectivity index (χ4n) is 2.54. The summed E-state index contributed by atoms with van der Waals surface area (Å²) in [7, 11) is 1.73. The highest BCUT2D eigenvalue weighted by atomic mass is 35.5. The van der Waals surface area contributed by atoms with Gasteiger partial charge in [-0.15, -0.1) is 0 Å². The van der Waals surface area contributed by atoms with E-state index in [-0.39, 0.29) is 11.8 Å². The van der Waals surface area contributed by atoms with Crippen molar-refractivity contribution < 1.29 is 9.59 Å². The summed E-state index contributed by atoms with van der Waals surface area (Å²) in [6.45, 7) is 3.56. The molecule has 0 spiro atoms. The molecule has 0 unspecified atom stereocenters. The monoisotopic (exact) mass is 331 g/mol. The lowest BCUT2D eigenvalue weighted by atomic mass is 9.96. The summed E-state index contributed by atoms with van der Waals surface area (Å²) in [5.74, 6) is 0.365. The minimum atomic E-state index is -0.0516. The Hall–Kier alpha value is -1.20. The van der Waals surface area contributed by atoms with E-state index in [1.807, 2.05) is 4.90 Å². The first-order chi connectivity index (χ1) is 9.90. The van der Waals surface area contributed by atoms with E-state index in [4.69, 9.17) is 23.2 Å². The van der Waals surface area contributed by atoms with E-state index in [9.17, 15) is 9.59 Å². The van der Waals surface area contributed by atoms with Crippen molar-refractivity contribution in [3.05, 3.63) is 21.9 Å². The van der Waals surface area contributed by atoms with Crippen LogP contribution in [0.4, 0.5) is 0 Å². The molecule has 2 rings (SSSR count). The summed E-state index contributed by atoms with van der Waals surface area (Å²) in [6, 6.07) is 1.61. The van der Waals surface area contributed by atoms with Gasteiger partial charge in [0.25, 0.3) is 5.91 Å². The number of hydrogen-bond acceptors (Lipinski definition) is 2. The van der Waals surface area contributed by atoms with Gasteiger partial charge in [0.05, 0.1) is 5.02 Å². The van der Waals surface area contributed by atoms with Crippen molar-refractivity contribution in [3.8, 4) is 0 Å². The Morgan fingerprint density at radius 2 is 1.95 bits per heavy atom. The Balaban J connectivity index is 1.94. The SMILES string of the molecule is CC(=O)NCC1CCN(C(=O)c2cc(Cl)c(Cl)n2C)CC1. The fraction of sp³-hybridized carbons (Fsp3) is 0.571. The molecular weight excluding hydrogens is 313 g/mol. The van der Waals surface area contributed by atoms with Crippen LogP contribution in [-0.2, 0) is 11.8 Å². The van der Waals surface area contributed by atoms with E-state index in [0.29, 0.717) is 41.4 Å². The van der Waals surface area contributed by atoms with Crippen LogP contribution >= 0.6 is 23.2 Å². The topological polar surface area (TPSA) is 54.3 Å². The highest BCUT2D eigenvalue weighted by molar-refractivity contribution is 6.41. The van der Waals surface area contributed by atoms with Gasteiger partial charge < -0.3 is 14.8 Å². The van der Waals surface area contributed by atoms with Gasteiger partial charge in [0.15, 0.2) is 0 Å². The summed E-state index contributed by atoms with van der Waals surface area (Å²) >= 11 is 11.9. The van der Waals surface area contributed by atoms with E-state index in [1.54, 1.807) is 17.7 Å². The molecule has 0 aromatic carbocycles. The molecule has 0 atom stereocenters. The summed E-state index contributed by atoms with van der Waals surface area (Å²) in [6.07, 6.45) is 1.77. The third kappa shape index (κ3) is 3.71. The van der Waals surface area contributed by atoms with Gasteiger partial charge in [-0.25, -0.2) is 0 Å². The number of aromatic nitrogens is 1. The maximum atomic E-state index is 12.5. The van der Waals surface area contributed by atoms with E-state index >= 15 is 0 Å². The van der Waals surface area contributed by atoms with Gasteiger partial charge in [0.1, 0.15) is 10.8 Å². The fourth-order valence-corrected chi connectivity index (χ4v) is 2.91. The lowest BCUT2D eigenvalue weighted by Gasteiger charge is -2.32. The number of halogens is 2. The molecule has 116 valence electrons. The van der Waals surface area contributed by atoms with Gasteiger partial charge in [0, 0.05) is 33.6 Å².